The molecular formula is C15H13ClN4O2S. The van der Waals surface area contributed by atoms with Gasteiger partial charge in [-0.15, -0.1) is 5.10 Å². The number of nitrogen functional groups attached to an aromatic ring is 1. The van der Waals surface area contributed by atoms with Gasteiger partial charge in [-0.25, -0.2) is 13.1 Å². The first-order valence-electron chi connectivity index (χ1n) is 6.69. The number of nitrogens with two attached hydrogens (primary N) is 1. The molecule has 1 aromatic heterocycles. The van der Waals surface area contributed by atoms with Gasteiger partial charge in [-0.3, -0.25) is 0 Å². The third-order valence-corrected chi connectivity index (χ3v) is 5.63. The number of anilines is 1. The fourth-order valence-corrected chi connectivity index (χ4v) is 4.04. The van der Waals surface area contributed by atoms with Gasteiger partial charge in [0.15, 0.2) is 0 Å². The second-order valence-corrected chi connectivity index (χ2v) is 7.16. The monoisotopic (exact) mass is 348 g/mol. The van der Waals surface area contributed by atoms with Crippen LogP contribution in [0, 0.1) is 6.92 Å². The van der Waals surface area contributed by atoms with Crippen molar-refractivity contribution in [2.24, 2.45) is 0 Å². The van der Waals surface area contributed by atoms with Crippen LogP contribution in [0.5, 0.6) is 0 Å². The minimum Gasteiger partial charge on any atom is -0.399 e. The average Bonchev–Trinajstić information content (AvgIpc) is 2.91. The third-order valence-electron chi connectivity index (χ3n) is 3.37. The highest BCUT2D eigenvalue weighted by atomic mass is 35.5. The summed E-state index contributed by atoms with van der Waals surface area (Å²) in [4.78, 5) is 0.00845. The molecule has 0 spiro atoms. The third kappa shape index (κ3) is 2.69. The van der Waals surface area contributed by atoms with Crippen LogP contribution in [0.2, 0.25) is 5.02 Å². The van der Waals surface area contributed by atoms with E-state index in [1.54, 1.807) is 43.3 Å². The van der Waals surface area contributed by atoms with Gasteiger partial charge in [-0.2, -0.15) is 0 Å². The van der Waals surface area contributed by atoms with Crippen LogP contribution in [-0.4, -0.2) is 23.4 Å². The topological polar surface area (TPSA) is 90.9 Å². The summed E-state index contributed by atoms with van der Waals surface area (Å²) in [6.07, 6.45) is 0. The lowest BCUT2D eigenvalue weighted by atomic mass is 10.3. The van der Waals surface area contributed by atoms with Gasteiger partial charge in [-0.1, -0.05) is 28.9 Å². The Hall–Kier alpha value is -2.38. The maximum absolute atomic E-state index is 12.8. The molecular weight excluding hydrogens is 336 g/mol. The molecule has 0 radical (unpaired) electrons. The van der Waals surface area contributed by atoms with Crippen molar-refractivity contribution in [2.45, 2.75) is 16.8 Å². The molecule has 0 aliphatic heterocycles. The lowest BCUT2D eigenvalue weighted by molar-refractivity contribution is 0.591. The first-order chi connectivity index (χ1) is 10.9. The second kappa shape index (κ2) is 5.68. The molecule has 8 heteroatoms. The highest BCUT2D eigenvalue weighted by molar-refractivity contribution is 7.91. The van der Waals surface area contributed by atoms with Gasteiger partial charge in [0.05, 0.1) is 21.3 Å². The molecule has 23 heavy (non-hydrogen) atoms. The molecule has 6 nitrogen and oxygen atoms in total. The van der Waals surface area contributed by atoms with E-state index in [2.05, 4.69) is 10.3 Å². The van der Waals surface area contributed by atoms with Crippen LogP contribution in [0.3, 0.4) is 0 Å². The van der Waals surface area contributed by atoms with Gasteiger partial charge in [0.2, 0.25) is 14.9 Å². The van der Waals surface area contributed by atoms with E-state index in [0.29, 0.717) is 17.1 Å². The Bertz CT molecular complexity index is 965. The van der Waals surface area contributed by atoms with Crippen molar-refractivity contribution in [3.8, 4) is 5.69 Å². The summed E-state index contributed by atoms with van der Waals surface area (Å²) in [5.41, 5.74) is 7.33. The van der Waals surface area contributed by atoms with Crippen LogP contribution in [0.15, 0.2) is 58.5 Å². The van der Waals surface area contributed by atoms with Crippen molar-refractivity contribution in [1.29, 1.82) is 0 Å². The number of hydrogen-bond acceptors (Lipinski definition) is 5. The van der Waals surface area contributed by atoms with E-state index >= 15 is 0 Å². The lowest BCUT2D eigenvalue weighted by Gasteiger charge is -2.06. The molecule has 1 heterocycles. The largest absolute Gasteiger partial charge is 0.399 e. The number of hydrogen-bond donors (Lipinski definition) is 1. The van der Waals surface area contributed by atoms with E-state index < -0.39 is 9.84 Å². The number of nitrogens with zero attached hydrogens (tertiary/aromatic N) is 3. The lowest BCUT2D eigenvalue weighted by Crippen LogP contribution is -2.06. The van der Waals surface area contributed by atoms with Gasteiger partial charge < -0.3 is 5.73 Å². The zero-order valence-electron chi connectivity index (χ0n) is 12.1. The van der Waals surface area contributed by atoms with Crippen molar-refractivity contribution in [3.63, 3.8) is 0 Å². The Kier molecular flexibility index (Phi) is 3.83. The van der Waals surface area contributed by atoms with Crippen molar-refractivity contribution in [2.75, 3.05) is 5.73 Å². The first kappa shape index (κ1) is 15.5. The minimum atomic E-state index is -3.85. The predicted octanol–water partition coefficient (Wildman–Crippen LogP) is 2.64. The molecule has 3 aromatic rings. The summed E-state index contributed by atoms with van der Waals surface area (Å²) >= 11 is 6.00. The highest BCUT2D eigenvalue weighted by Gasteiger charge is 2.27. The first-order valence-corrected chi connectivity index (χ1v) is 8.55. The van der Waals surface area contributed by atoms with Gasteiger partial charge in [0.1, 0.15) is 0 Å². The molecule has 3 rings (SSSR count). The van der Waals surface area contributed by atoms with Gasteiger partial charge in [0, 0.05) is 5.69 Å². The fourth-order valence-electron chi connectivity index (χ4n) is 2.19. The Morgan fingerprint density at radius 3 is 2.39 bits per heavy atom. The number of benzene rings is 2. The SMILES string of the molecule is Cc1c(S(=O)(=O)c2ccccc2Cl)nnn1-c1ccc(N)cc1. The van der Waals surface area contributed by atoms with Crippen LogP contribution in [0.4, 0.5) is 5.69 Å². The Morgan fingerprint density at radius 1 is 1.09 bits per heavy atom. The smallest absolute Gasteiger partial charge is 0.229 e. The molecule has 0 unspecified atom stereocenters. The summed E-state index contributed by atoms with van der Waals surface area (Å²) in [6.45, 7) is 1.64. The average molecular weight is 349 g/mol. The standard InChI is InChI=1S/C15H13ClN4O2S/c1-10-15(23(21,22)14-5-3-2-4-13(14)16)18-19-20(10)12-8-6-11(17)7-9-12/h2-9H,17H2,1H3. The summed E-state index contributed by atoms with van der Waals surface area (Å²) in [5.74, 6) is 0. The molecule has 2 aromatic carbocycles. The number of rotatable bonds is 3. The van der Waals surface area contributed by atoms with Crippen LogP contribution in [0.1, 0.15) is 5.69 Å². The minimum absolute atomic E-state index is 0.00845. The van der Waals surface area contributed by atoms with Crippen molar-refractivity contribution in [3.05, 3.63) is 59.2 Å². The van der Waals surface area contributed by atoms with E-state index in [0.717, 1.165) is 0 Å². The van der Waals surface area contributed by atoms with E-state index in [9.17, 15) is 8.42 Å². The van der Waals surface area contributed by atoms with E-state index in [1.807, 2.05) is 0 Å². The zero-order chi connectivity index (χ0) is 16.6. The summed E-state index contributed by atoms with van der Waals surface area (Å²) in [7, 11) is -3.85. The van der Waals surface area contributed by atoms with Crippen LogP contribution < -0.4 is 5.73 Å². The Morgan fingerprint density at radius 2 is 1.74 bits per heavy atom. The Labute approximate surface area is 138 Å². The zero-order valence-corrected chi connectivity index (χ0v) is 13.7. The van der Waals surface area contributed by atoms with E-state index in [-0.39, 0.29) is 14.9 Å². The quantitative estimate of drug-likeness (QED) is 0.735. The number of sulfone groups is 1. The molecule has 0 aliphatic carbocycles. The van der Waals surface area contributed by atoms with E-state index in [4.69, 9.17) is 17.3 Å². The highest BCUT2D eigenvalue weighted by Crippen LogP contribution is 2.28. The van der Waals surface area contributed by atoms with Crippen molar-refractivity contribution >= 4 is 27.1 Å². The number of halogens is 1. The molecule has 0 saturated heterocycles. The molecule has 0 fully saturated rings. The summed E-state index contributed by atoms with van der Waals surface area (Å²) in [6, 6.07) is 13.1. The van der Waals surface area contributed by atoms with Gasteiger partial charge in [0.25, 0.3) is 0 Å². The summed E-state index contributed by atoms with van der Waals surface area (Å²) in [5, 5.41) is 7.80. The van der Waals surface area contributed by atoms with Gasteiger partial charge >= 0.3 is 0 Å². The fraction of sp³-hybridized carbons (Fsp3) is 0.0667. The molecule has 0 atom stereocenters. The van der Waals surface area contributed by atoms with Crippen LogP contribution >= 0.6 is 11.6 Å². The normalized spacial score (nSPS) is 11.6. The van der Waals surface area contributed by atoms with Gasteiger partial charge in [-0.05, 0) is 43.3 Å². The molecule has 0 bridgehead atoms. The molecule has 0 amide bonds. The molecule has 0 saturated carbocycles. The Balaban J connectivity index is 2.12. The molecule has 2 N–H and O–H groups in total. The van der Waals surface area contributed by atoms with Crippen LogP contribution in [-0.2, 0) is 9.84 Å². The maximum Gasteiger partial charge on any atom is 0.229 e. The predicted molar refractivity (Wildman–Crippen MR) is 87.4 cm³/mol. The summed E-state index contributed by atoms with van der Waals surface area (Å²) < 4.78 is 27.0. The molecule has 0 aliphatic rings. The molecule has 118 valence electrons. The number of aromatic nitrogens is 3. The van der Waals surface area contributed by atoms with Crippen LogP contribution in [0.25, 0.3) is 5.69 Å². The van der Waals surface area contributed by atoms with Crippen molar-refractivity contribution < 1.29 is 8.42 Å². The maximum atomic E-state index is 12.8. The second-order valence-electron chi connectivity index (χ2n) is 4.92. The van der Waals surface area contributed by atoms with E-state index in [1.165, 1.54) is 16.8 Å². The van der Waals surface area contributed by atoms with Crippen molar-refractivity contribution in [1.82, 2.24) is 15.0 Å².